The van der Waals surface area contributed by atoms with Gasteiger partial charge in [0.1, 0.15) is 0 Å². The summed E-state index contributed by atoms with van der Waals surface area (Å²) in [5.41, 5.74) is 5.97. The minimum atomic E-state index is -4.44. The topological polar surface area (TPSA) is 38.1 Å². The highest BCUT2D eigenvalue weighted by atomic mass is 19.4. The Kier molecular flexibility index (Phi) is 5.24. The van der Waals surface area contributed by atoms with Gasteiger partial charge in [-0.05, 0) is 60.0 Å². The molecule has 2 aromatic heterocycles. The number of rotatable bonds is 3. The second-order valence-electron chi connectivity index (χ2n) is 8.67. The van der Waals surface area contributed by atoms with Crippen LogP contribution in [0.15, 0.2) is 65.2 Å². The smallest absolute Gasteiger partial charge is 0.299 e. The fourth-order valence-electron chi connectivity index (χ4n) is 4.94. The monoisotopic (exact) mass is 451 g/mol. The third kappa shape index (κ3) is 3.80. The number of fused-ring (bicyclic) bond motifs is 2. The molecule has 170 valence electrons. The van der Waals surface area contributed by atoms with Crippen molar-refractivity contribution in [2.45, 2.75) is 32.4 Å². The van der Waals surface area contributed by atoms with Crippen molar-refractivity contribution >= 4 is 5.57 Å². The minimum absolute atomic E-state index is 0.255. The molecule has 0 N–H and O–H groups in total. The van der Waals surface area contributed by atoms with Crippen molar-refractivity contribution in [2.24, 2.45) is 0 Å². The lowest BCUT2D eigenvalue weighted by molar-refractivity contribution is -0.137. The van der Waals surface area contributed by atoms with Crippen LogP contribution in [0.5, 0.6) is 0 Å². The van der Waals surface area contributed by atoms with E-state index < -0.39 is 11.7 Å². The molecule has 1 aliphatic heterocycles. The SMILES string of the molecule is CCN1CCC2=C(C1)c1ccc(-n3ccc(-c4ccc(C(F)(F)F)cn4)cc3=O)cc1C2C. The third-order valence-corrected chi connectivity index (χ3v) is 6.85. The molecule has 7 heteroatoms. The van der Waals surface area contributed by atoms with Crippen LogP contribution in [0.2, 0.25) is 0 Å². The van der Waals surface area contributed by atoms with Crippen LogP contribution in [0.25, 0.3) is 22.5 Å². The van der Waals surface area contributed by atoms with Gasteiger partial charge in [-0.3, -0.25) is 19.2 Å². The van der Waals surface area contributed by atoms with E-state index in [0.29, 0.717) is 17.2 Å². The van der Waals surface area contributed by atoms with E-state index in [9.17, 15) is 18.0 Å². The van der Waals surface area contributed by atoms with E-state index in [-0.39, 0.29) is 5.56 Å². The zero-order valence-corrected chi connectivity index (χ0v) is 18.5. The highest BCUT2D eigenvalue weighted by Crippen LogP contribution is 2.45. The molecule has 2 aliphatic rings. The average Bonchev–Trinajstić information content (AvgIpc) is 3.09. The van der Waals surface area contributed by atoms with Crippen LogP contribution in [0, 0.1) is 0 Å². The first-order chi connectivity index (χ1) is 15.8. The Morgan fingerprint density at radius 1 is 1.12 bits per heavy atom. The van der Waals surface area contributed by atoms with Crippen molar-refractivity contribution in [3.05, 3.63) is 87.5 Å². The number of benzene rings is 1. The average molecular weight is 451 g/mol. The summed E-state index contributed by atoms with van der Waals surface area (Å²) in [5.74, 6) is 0.334. The summed E-state index contributed by atoms with van der Waals surface area (Å²) in [4.78, 5) is 19.2. The Morgan fingerprint density at radius 3 is 2.61 bits per heavy atom. The van der Waals surface area contributed by atoms with Crippen molar-refractivity contribution in [3.8, 4) is 16.9 Å². The zero-order valence-electron chi connectivity index (χ0n) is 18.5. The number of nitrogens with zero attached hydrogens (tertiary/aromatic N) is 3. The van der Waals surface area contributed by atoms with Gasteiger partial charge in [0.05, 0.1) is 11.3 Å². The molecule has 3 aromatic rings. The molecule has 1 atom stereocenters. The van der Waals surface area contributed by atoms with Crippen molar-refractivity contribution in [1.29, 1.82) is 0 Å². The van der Waals surface area contributed by atoms with Crippen molar-refractivity contribution in [3.63, 3.8) is 0 Å². The molecule has 3 heterocycles. The Morgan fingerprint density at radius 2 is 1.94 bits per heavy atom. The van der Waals surface area contributed by atoms with Gasteiger partial charge in [-0.15, -0.1) is 0 Å². The van der Waals surface area contributed by atoms with Gasteiger partial charge in [0.25, 0.3) is 5.56 Å². The van der Waals surface area contributed by atoms with E-state index in [2.05, 4.69) is 35.9 Å². The summed E-state index contributed by atoms with van der Waals surface area (Å²) in [6.07, 6.45) is -0.923. The maximum atomic E-state index is 12.9. The summed E-state index contributed by atoms with van der Waals surface area (Å²) < 4.78 is 39.9. The van der Waals surface area contributed by atoms with Crippen molar-refractivity contribution in [1.82, 2.24) is 14.5 Å². The largest absolute Gasteiger partial charge is 0.417 e. The van der Waals surface area contributed by atoms with E-state index in [1.54, 1.807) is 16.8 Å². The molecular formula is C26H24F3N3O. The maximum Gasteiger partial charge on any atom is 0.417 e. The van der Waals surface area contributed by atoms with Crippen LogP contribution in [-0.4, -0.2) is 34.1 Å². The van der Waals surface area contributed by atoms with Gasteiger partial charge in [-0.1, -0.05) is 25.5 Å². The number of alkyl halides is 3. The lowest BCUT2D eigenvalue weighted by Gasteiger charge is -2.28. The number of pyridine rings is 2. The molecule has 1 aliphatic carbocycles. The highest BCUT2D eigenvalue weighted by molar-refractivity contribution is 5.80. The predicted octanol–water partition coefficient (Wildman–Crippen LogP) is 5.51. The second-order valence-corrected chi connectivity index (χ2v) is 8.67. The molecule has 0 bridgehead atoms. The van der Waals surface area contributed by atoms with Gasteiger partial charge in [-0.25, -0.2) is 0 Å². The Labute approximate surface area is 190 Å². The number of aromatic nitrogens is 2. The number of halogens is 3. The second kappa shape index (κ2) is 7.99. The molecule has 0 saturated heterocycles. The maximum absolute atomic E-state index is 12.9. The number of hydrogen-bond acceptors (Lipinski definition) is 3. The van der Waals surface area contributed by atoms with Crippen LogP contribution in [0.3, 0.4) is 0 Å². The van der Waals surface area contributed by atoms with Crippen LogP contribution in [0.4, 0.5) is 13.2 Å². The van der Waals surface area contributed by atoms with Gasteiger partial charge in [0, 0.05) is 48.7 Å². The van der Waals surface area contributed by atoms with Gasteiger partial charge in [-0.2, -0.15) is 13.2 Å². The molecule has 5 rings (SSSR count). The molecule has 0 radical (unpaired) electrons. The standard InChI is InChI=1S/C26H24F3N3O/c1-3-31-10-9-20-16(2)22-13-19(5-6-21(22)23(20)15-31)32-11-8-17(12-25(32)33)24-7-4-18(14-30-24)26(27,28)29/h4-8,11-14,16H,3,9-10,15H2,1-2H3. The molecule has 1 unspecified atom stereocenters. The summed E-state index contributed by atoms with van der Waals surface area (Å²) in [6, 6.07) is 11.5. The summed E-state index contributed by atoms with van der Waals surface area (Å²) in [5, 5.41) is 0. The Bertz CT molecular complexity index is 1310. The van der Waals surface area contributed by atoms with E-state index in [1.165, 1.54) is 34.4 Å². The van der Waals surface area contributed by atoms with Gasteiger partial charge in [0.2, 0.25) is 0 Å². The first kappa shape index (κ1) is 21.6. The van der Waals surface area contributed by atoms with E-state index in [1.807, 2.05) is 6.07 Å². The Hall–Kier alpha value is -3.19. The van der Waals surface area contributed by atoms with Crippen LogP contribution >= 0.6 is 0 Å². The molecule has 0 spiro atoms. The van der Waals surface area contributed by atoms with E-state index >= 15 is 0 Å². The third-order valence-electron chi connectivity index (χ3n) is 6.85. The van der Waals surface area contributed by atoms with Gasteiger partial charge < -0.3 is 0 Å². The van der Waals surface area contributed by atoms with Crippen LogP contribution in [0.1, 0.15) is 42.9 Å². The highest BCUT2D eigenvalue weighted by Gasteiger charge is 2.32. The Balaban J connectivity index is 1.45. The predicted molar refractivity (Wildman–Crippen MR) is 122 cm³/mol. The van der Waals surface area contributed by atoms with E-state index in [0.717, 1.165) is 44.0 Å². The molecular weight excluding hydrogens is 427 g/mol. The summed E-state index contributed by atoms with van der Waals surface area (Å²) >= 11 is 0. The molecule has 1 aromatic carbocycles. The lowest BCUT2D eigenvalue weighted by atomic mass is 9.94. The first-order valence-electron chi connectivity index (χ1n) is 11.1. The van der Waals surface area contributed by atoms with Gasteiger partial charge in [0.15, 0.2) is 0 Å². The van der Waals surface area contributed by atoms with Crippen LogP contribution in [-0.2, 0) is 6.18 Å². The normalized spacial score (nSPS) is 18.4. The molecule has 0 fully saturated rings. The minimum Gasteiger partial charge on any atom is -0.299 e. The van der Waals surface area contributed by atoms with E-state index in [4.69, 9.17) is 0 Å². The number of likely N-dealkylation sites (N-methyl/N-ethyl adjacent to an activating group) is 1. The zero-order chi connectivity index (χ0) is 23.3. The molecule has 33 heavy (non-hydrogen) atoms. The summed E-state index contributed by atoms with van der Waals surface area (Å²) in [7, 11) is 0. The lowest BCUT2D eigenvalue weighted by Crippen LogP contribution is -2.30. The number of hydrogen-bond donors (Lipinski definition) is 0. The molecule has 0 saturated carbocycles. The molecule has 0 amide bonds. The fourth-order valence-corrected chi connectivity index (χ4v) is 4.94. The van der Waals surface area contributed by atoms with Crippen molar-refractivity contribution < 1.29 is 13.2 Å². The quantitative estimate of drug-likeness (QED) is 0.527. The van der Waals surface area contributed by atoms with Gasteiger partial charge >= 0.3 is 6.18 Å². The van der Waals surface area contributed by atoms with Crippen LogP contribution < -0.4 is 5.56 Å². The van der Waals surface area contributed by atoms with Crippen molar-refractivity contribution in [2.75, 3.05) is 19.6 Å². The first-order valence-corrected chi connectivity index (χ1v) is 11.1. The fraction of sp³-hybridized carbons (Fsp3) is 0.308. The summed E-state index contributed by atoms with van der Waals surface area (Å²) in [6.45, 7) is 7.50. The molecule has 4 nitrogen and oxygen atoms in total.